The Kier molecular flexibility index (Phi) is 5.68. The van der Waals surface area contributed by atoms with E-state index in [-0.39, 0.29) is 0 Å². The van der Waals surface area contributed by atoms with Crippen molar-refractivity contribution in [2.75, 3.05) is 0 Å². The van der Waals surface area contributed by atoms with Crippen LogP contribution in [-0.2, 0) is 12.8 Å². The predicted octanol–water partition coefficient (Wildman–Crippen LogP) is 5.28. The molecule has 19 heavy (non-hydrogen) atoms. The van der Waals surface area contributed by atoms with Gasteiger partial charge in [0.25, 0.3) is 0 Å². The maximum atomic E-state index is 2.38. The first kappa shape index (κ1) is 13.9. The van der Waals surface area contributed by atoms with Crippen LogP contribution in [0, 0.1) is 5.92 Å². The second-order valence-corrected chi connectivity index (χ2v) is 5.51. The van der Waals surface area contributed by atoms with Crippen molar-refractivity contribution in [3.8, 4) is 0 Å². The zero-order valence-corrected chi connectivity index (χ0v) is 11.9. The van der Waals surface area contributed by atoms with E-state index < -0.39 is 0 Å². The molecule has 0 nitrogen and oxygen atoms in total. The molecular weight excluding hydrogens is 228 g/mol. The number of hydrogen-bond donors (Lipinski definition) is 0. The molecule has 0 aliphatic rings. The number of hydrogen-bond acceptors (Lipinski definition) is 0. The molecule has 0 saturated carbocycles. The molecule has 2 aromatic carbocycles. The maximum absolute atomic E-state index is 2.38. The molecule has 0 bridgehead atoms. The van der Waals surface area contributed by atoms with Gasteiger partial charge < -0.3 is 0 Å². The lowest BCUT2D eigenvalue weighted by Gasteiger charge is -2.11. The lowest BCUT2D eigenvalue weighted by atomic mass is 9.95. The van der Waals surface area contributed by atoms with Gasteiger partial charge in [-0.3, -0.25) is 0 Å². The van der Waals surface area contributed by atoms with Crippen molar-refractivity contribution in [2.45, 2.75) is 39.0 Å². The molecule has 0 saturated heterocycles. The molecule has 0 amide bonds. The Bertz CT molecular complexity index is 444. The summed E-state index contributed by atoms with van der Waals surface area (Å²) in [5.74, 6) is 0.823. The molecule has 2 aromatic rings. The summed E-state index contributed by atoms with van der Waals surface area (Å²) >= 11 is 0. The van der Waals surface area contributed by atoms with Crippen LogP contribution in [0.1, 0.15) is 37.3 Å². The maximum Gasteiger partial charge on any atom is -0.0276 e. The van der Waals surface area contributed by atoms with E-state index in [1.165, 1.54) is 43.2 Å². The van der Waals surface area contributed by atoms with Gasteiger partial charge in [-0.15, -0.1) is 0 Å². The van der Waals surface area contributed by atoms with Crippen molar-refractivity contribution in [1.29, 1.82) is 0 Å². The highest BCUT2D eigenvalue weighted by Crippen LogP contribution is 2.16. The Morgan fingerprint density at radius 3 is 1.79 bits per heavy atom. The van der Waals surface area contributed by atoms with E-state index in [1.54, 1.807) is 0 Å². The standard InChI is InChI=1S/C19H24/c1-17(15-16-19-12-6-3-7-13-19)9-8-14-18-10-4-2-5-11-18/h2-7,10-13,17H,8-9,14-16H2,1H3/t17-/m0/s1. The minimum Gasteiger partial charge on any atom is -0.0625 e. The first-order chi connectivity index (χ1) is 9.34. The van der Waals surface area contributed by atoms with Crippen molar-refractivity contribution in [3.63, 3.8) is 0 Å². The first-order valence-electron chi connectivity index (χ1n) is 7.42. The highest BCUT2D eigenvalue weighted by molar-refractivity contribution is 5.15. The van der Waals surface area contributed by atoms with Crippen LogP contribution in [0.15, 0.2) is 60.7 Å². The van der Waals surface area contributed by atoms with Gasteiger partial charge in [-0.25, -0.2) is 0 Å². The minimum absolute atomic E-state index is 0.823. The Hall–Kier alpha value is -1.56. The summed E-state index contributed by atoms with van der Waals surface area (Å²) in [5.41, 5.74) is 2.94. The predicted molar refractivity (Wildman–Crippen MR) is 83.3 cm³/mol. The highest BCUT2D eigenvalue weighted by Gasteiger charge is 2.03. The van der Waals surface area contributed by atoms with Crippen molar-refractivity contribution in [2.24, 2.45) is 5.92 Å². The zero-order valence-electron chi connectivity index (χ0n) is 11.9. The number of aryl methyl sites for hydroxylation is 2. The zero-order chi connectivity index (χ0) is 13.3. The van der Waals surface area contributed by atoms with Gasteiger partial charge in [-0.05, 0) is 42.7 Å². The molecule has 1 atom stereocenters. The van der Waals surface area contributed by atoms with E-state index >= 15 is 0 Å². The molecule has 0 heteroatoms. The fourth-order valence-electron chi connectivity index (χ4n) is 2.50. The van der Waals surface area contributed by atoms with Crippen LogP contribution in [0.2, 0.25) is 0 Å². The van der Waals surface area contributed by atoms with E-state index in [1.807, 2.05) is 0 Å². The van der Waals surface area contributed by atoms with Crippen LogP contribution >= 0.6 is 0 Å². The van der Waals surface area contributed by atoms with Gasteiger partial charge in [-0.1, -0.05) is 74.0 Å². The lowest BCUT2D eigenvalue weighted by Crippen LogP contribution is -1.98. The van der Waals surface area contributed by atoms with Crippen LogP contribution in [0.3, 0.4) is 0 Å². The Balaban J connectivity index is 1.64. The molecule has 100 valence electrons. The van der Waals surface area contributed by atoms with Gasteiger partial charge in [0.1, 0.15) is 0 Å². The minimum atomic E-state index is 0.823. The van der Waals surface area contributed by atoms with E-state index in [0.717, 1.165) is 5.92 Å². The van der Waals surface area contributed by atoms with Crippen molar-refractivity contribution in [1.82, 2.24) is 0 Å². The molecule has 0 unspecified atom stereocenters. The molecule has 0 radical (unpaired) electrons. The number of benzene rings is 2. The normalized spacial score (nSPS) is 12.3. The molecule has 0 fully saturated rings. The third-order valence-electron chi connectivity index (χ3n) is 3.77. The monoisotopic (exact) mass is 252 g/mol. The van der Waals surface area contributed by atoms with E-state index in [2.05, 4.69) is 67.6 Å². The molecule has 0 aliphatic carbocycles. The fraction of sp³-hybridized carbons (Fsp3) is 0.368. The smallest absolute Gasteiger partial charge is 0.0276 e. The summed E-state index contributed by atoms with van der Waals surface area (Å²) in [4.78, 5) is 0. The van der Waals surface area contributed by atoms with Gasteiger partial charge in [0.2, 0.25) is 0 Å². The second kappa shape index (κ2) is 7.78. The van der Waals surface area contributed by atoms with Crippen molar-refractivity contribution < 1.29 is 0 Å². The average molecular weight is 252 g/mol. The Labute approximate surface area is 117 Å². The summed E-state index contributed by atoms with van der Waals surface area (Å²) < 4.78 is 0. The Morgan fingerprint density at radius 1 is 0.684 bits per heavy atom. The third kappa shape index (κ3) is 5.30. The summed E-state index contributed by atoms with van der Waals surface area (Å²) in [6.07, 6.45) is 6.38. The summed E-state index contributed by atoms with van der Waals surface area (Å²) in [6, 6.07) is 21.6. The summed E-state index contributed by atoms with van der Waals surface area (Å²) in [6.45, 7) is 2.38. The van der Waals surface area contributed by atoms with Gasteiger partial charge in [-0.2, -0.15) is 0 Å². The third-order valence-corrected chi connectivity index (χ3v) is 3.77. The van der Waals surface area contributed by atoms with E-state index in [4.69, 9.17) is 0 Å². The van der Waals surface area contributed by atoms with E-state index in [0.29, 0.717) is 0 Å². The van der Waals surface area contributed by atoms with Crippen LogP contribution in [0.25, 0.3) is 0 Å². The largest absolute Gasteiger partial charge is 0.0625 e. The fourth-order valence-corrected chi connectivity index (χ4v) is 2.50. The van der Waals surface area contributed by atoms with Crippen LogP contribution in [0.5, 0.6) is 0 Å². The van der Waals surface area contributed by atoms with Crippen molar-refractivity contribution >= 4 is 0 Å². The highest BCUT2D eigenvalue weighted by atomic mass is 14.1. The molecule has 2 rings (SSSR count). The van der Waals surface area contributed by atoms with Crippen molar-refractivity contribution in [3.05, 3.63) is 71.8 Å². The molecule has 0 aliphatic heterocycles. The Morgan fingerprint density at radius 2 is 1.21 bits per heavy atom. The average Bonchev–Trinajstić information content (AvgIpc) is 2.47. The first-order valence-corrected chi connectivity index (χ1v) is 7.42. The van der Waals surface area contributed by atoms with Crippen LogP contribution in [0.4, 0.5) is 0 Å². The second-order valence-electron chi connectivity index (χ2n) is 5.51. The van der Waals surface area contributed by atoms with Gasteiger partial charge in [0.05, 0.1) is 0 Å². The SMILES string of the molecule is C[C@@H](CCCc1ccccc1)CCc1ccccc1. The van der Waals surface area contributed by atoms with Gasteiger partial charge in [0.15, 0.2) is 0 Å². The quantitative estimate of drug-likeness (QED) is 0.629. The van der Waals surface area contributed by atoms with Crippen LogP contribution < -0.4 is 0 Å². The van der Waals surface area contributed by atoms with E-state index in [9.17, 15) is 0 Å². The molecule has 0 heterocycles. The summed E-state index contributed by atoms with van der Waals surface area (Å²) in [5, 5.41) is 0. The van der Waals surface area contributed by atoms with Crippen LogP contribution in [-0.4, -0.2) is 0 Å². The van der Waals surface area contributed by atoms with Gasteiger partial charge in [0, 0.05) is 0 Å². The summed E-state index contributed by atoms with van der Waals surface area (Å²) in [7, 11) is 0. The molecule has 0 aromatic heterocycles. The number of rotatable bonds is 7. The topological polar surface area (TPSA) is 0 Å². The lowest BCUT2D eigenvalue weighted by molar-refractivity contribution is 0.475. The molecule has 0 spiro atoms. The molecule has 0 N–H and O–H groups in total. The van der Waals surface area contributed by atoms with Gasteiger partial charge >= 0.3 is 0 Å². The molecular formula is C19H24.